The lowest BCUT2D eigenvalue weighted by atomic mass is 10.6. The third-order valence-corrected chi connectivity index (χ3v) is 1.00. The number of rotatable bonds is 6. The van der Waals surface area contributed by atoms with Crippen molar-refractivity contribution in [1.29, 1.82) is 0 Å². The van der Waals surface area contributed by atoms with Crippen molar-refractivity contribution in [2.45, 2.75) is 0 Å². The molecule has 4 nitrogen and oxygen atoms in total. The van der Waals surface area contributed by atoms with Crippen LogP contribution < -0.4 is 0 Å². The van der Waals surface area contributed by atoms with Crippen molar-refractivity contribution in [3.8, 4) is 0 Å². The Bertz CT molecular complexity index is 87.1. The summed E-state index contributed by atoms with van der Waals surface area (Å²) in [5, 5.41) is 8.28. The second-order valence-electron chi connectivity index (χ2n) is 1.92. The number of likely N-dealkylation sites (N-methyl/N-ethyl adjacent to an activating group) is 1. The van der Waals surface area contributed by atoms with Gasteiger partial charge in [0, 0.05) is 13.6 Å². The number of aliphatic hydroxyl groups excluding tert-OH is 1. The zero-order valence-corrected chi connectivity index (χ0v) is 6.12. The molecule has 0 fully saturated rings. The summed E-state index contributed by atoms with van der Waals surface area (Å²) in [7, 11) is 1.68. The summed E-state index contributed by atoms with van der Waals surface area (Å²) in [6.07, 6.45) is 0.738. The molecule has 0 radical (unpaired) electrons. The summed E-state index contributed by atoms with van der Waals surface area (Å²) >= 11 is 0. The maximum absolute atomic E-state index is 9.99. The van der Waals surface area contributed by atoms with Crippen LogP contribution in [0.3, 0.4) is 0 Å². The number of aliphatic hydroxyl groups is 1. The number of carbonyl (C=O) groups excluding carboxylic acids is 1. The number of nitrogens with zero attached hydrogens (tertiary/aromatic N) is 1. The molecule has 0 bridgehead atoms. The number of amides is 1. The smallest absolute Gasteiger partial charge is 0.209 e. The highest BCUT2D eigenvalue weighted by Crippen LogP contribution is 1.77. The minimum Gasteiger partial charge on any atom is -0.394 e. The Hall–Kier alpha value is -0.610. The third-order valence-electron chi connectivity index (χ3n) is 1.00. The Morgan fingerprint density at radius 3 is 2.80 bits per heavy atom. The zero-order valence-electron chi connectivity index (χ0n) is 6.12. The molecule has 0 spiro atoms. The average molecular weight is 147 g/mol. The Morgan fingerprint density at radius 2 is 2.30 bits per heavy atom. The van der Waals surface area contributed by atoms with Crippen molar-refractivity contribution in [2.75, 3.05) is 33.4 Å². The van der Waals surface area contributed by atoms with Gasteiger partial charge in [-0.1, -0.05) is 0 Å². The van der Waals surface area contributed by atoms with E-state index >= 15 is 0 Å². The van der Waals surface area contributed by atoms with Gasteiger partial charge in [-0.2, -0.15) is 0 Å². The van der Waals surface area contributed by atoms with E-state index in [2.05, 4.69) is 0 Å². The molecule has 0 aromatic carbocycles. The lowest BCUT2D eigenvalue weighted by molar-refractivity contribution is -0.117. The highest BCUT2D eigenvalue weighted by Gasteiger charge is 1.91. The van der Waals surface area contributed by atoms with Crippen molar-refractivity contribution in [3.05, 3.63) is 0 Å². The van der Waals surface area contributed by atoms with Gasteiger partial charge >= 0.3 is 0 Å². The second kappa shape index (κ2) is 6.51. The van der Waals surface area contributed by atoms with Crippen molar-refractivity contribution < 1.29 is 14.6 Å². The van der Waals surface area contributed by atoms with Crippen LogP contribution in [0.5, 0.6) is 0 Å². The van der Waals surface area contributed by atoms with Crippen LogP contribution in [0.15, 0.2) is 0 Å². The summed E-state index contributed by atoms with van der Waals surface area (Å²) in [4.78, 5) is 11.5. The number of carbonyl (C=O) groups is 1. The van der Waals surface area contributed by atoms with Crippen LogP contribution in [-0.2, 0) is 9.53 Å². The van der Waals surface area contributed by atoms with Crippen molar-refractivity contribution in [3.63, 3.8) is 0 Å². The fourth-order valence-corrected chi connectivity index (χ4v) is 0.428. The first-order valence-corrected chi connectivity index (χ1v) is 3.15. The summed E-state index contributed by atoms with van der Waals surface area (Å²) in [5.41, 5.74) is 0. The maximum atomic E-state index is 9.99. The first-order valence-electron chi connectivity index (χ1n) is 3.15. The fourth-order valence-electron chi connectivity index (χ4n) is 0.428. The molecule has 0 aliphatic carbocycles. The van der Waals surface area contributed by atoms with Crippen molar-refractivity contribution >= 4 is 6.41 Å². The quantitative estimate of drug-likeness (QED) is 0.390. The van der Waals surface area contributed by atoms with Crippen LogP contribution in [-0.4, -0.2) is 49.8 Å². The topological polar surface area (TPSA) is 49.8 Å². The maximum Gasteiger partial charge on any atom is 0.209 e. The van der Waals surface area contributed by atoms with Gasteiger partial charge in [0.1, 0.15) is 0 Å². The fraction of sp³-hybridized carbons (Fsp3) is 0.833. The molecule has 60 valence electrons. The summed E-state index contributed by atoms with van der Waals surface area (Å²) in [5.74, 6) is 0. The van der Waals surface area contributed by atoms with Gasteiger partial charge in [0.15, 0.2) is 0 Å². The molecule has 0 heterocycles. The normalized spacial score (nSPS) is 9.40. The Labute approximate surface area is 60.4 Å². The van der Waals surface area contributed by atoms with Crippen molar-refractivity contribution in [2.24, 2.45) is 0 Å². The SMILES string of the molecule is CN(C=O)CCOCCO. The molecule has 1 amide bonds. The van der Waals surface area contributed by atoms with E-state index in [-0.39, 0.29) is 6.61 Å². The number of ether oxygens (including phenoxy) is 1. The monoisotopic (exact) mass is 147 g/mol. The molecule has 0 atom stereocenters. The van der Waals surface area contributed by atoms with E-state index in [1.54, 1.807) is 7.05 Å². The molecule has 0 rings (SSSR count). The van der Waals surface area contributed by atoms with E-state index in [1.807, 2.05) is 0 Å². The highest BCUT2D eigenvalue weighted by atomic mass is 16.5. The standard InChI is InChI=1S/C6H13NO3/c1-7(6-9)2-4-10-5-3-8/h6,8H,2-5H2,1H3. The molecule has 0 unspecified atom stereocenters. The van der Waals surface area contributed by atoms with Crippen LogP contribution >= 0.6 is 0 Å². The van der Waals surface area contributed by atoms with E-state index in [9.17, 15) is 4.79 Å². The number of hydrogen-bond donors (Lipinski definition) is 1. The minimum absolute atomic E-state index is 0.0325. The average Bonchev–Trinajstić information content (AvgIpc) is 1.98. The van der Waals surface area contributed by atoms with Gasteiger partial charge in [0.2, 0.25) is 6.41 Å². The Kier molecular flexibility index (Phi) is 6.11. The molecular formula is C6H13NO3. The van der Waals surface area contributed by atoms with Crippen LogP contribution in [0.4, 0.5) is 0 Å². The highest BCUT2D eigenvalue weighted by molar-refractivity contribution is 5.46. The summed E-state index contributed by atoms with van der Waals surface area (Å²) < 4.78 is 4.90. The first kappa shape index (κ1) is 9.39. The molecule has 0 saturated carbocycles. The van der Waals surface area contributed by atoms with Gasteiger partial charge in [0.25, 0.3) is 0 Å². The van der Waals surface area contributed by atoms with Gasteiger partial charge in [0.05, 0.1) is 19.8 Å². The van der Waals surface area contributed by atoms with Crippen LogP contribution in [0.25, 0.3) is 0 Å². The van der Waals surface area contributed by atoms with Gasteiger partial charge in [-0.05, 0) is 0 Å². The van der Waals surface area contributed by atoms with Gasteiger partial charge in [-0.3, -0.25) is 4.79 Å². The van der Waals surface area contributed by atoms with Crippen LogP contribution in [0.1, 0.15) is 0 Å². The Balaban J connectivity index is 2.95. The molecule has 10 heavy (non-hydrogen) atoms. The van der Waals surface area contributed by atoms with Crippen LogP contribution in [0, 0.1) is 0 Å². The first-order chi connectivity index (χ1) is 4.81. The predicted octanol–water partition coefficient (Wildman–Crippen LogP) is -0.917. The molecule has 0 aromatic heterocycles. The second-order valence-corrected chi connectivity index (χ2v) is 1.92. The Morgan fingerprint density at radius 1 is 1.60 bits per heavy atom. The summed E-state index contributed by atoms with van der Waals surface area (Å²) in [6.45, 7) is 1.43. The van der Waals surface area contributed by atoms with E-state index < -0.39 is 0 Å². The van der Waals surface area contributed by atoms with E-state index in [0.29, 0.717) is 19.8 Å². The van der Waals surface area contributed by atoms with Crippen LogP contribution in [0.2, 0.25) is 0 Å². The largest absolute Gasteiger partial charge is 0.394 e. The zero-order chi connectivity index (χ0) is 7.82. The van der Waals surface area contributed by atoms with E-state index in [1.165, 1.54) is 4.90 Å². The van der Waals surface area contributed by atoms with E-state index in [4.69, 9.17) is 9.84 Å². The summed E-state index contributed by atoms with van der Waals surface area (Å²) in [6, 6.07) is 0. The van der Waals surface area contributed by atoms with Gasteiger partial charge in [-0.15, -0.1) is 0 Å². The predicted molar refractivity (Wildman–Crippen MR) is 36.6 cm³/mol. The van der Waals surface area contributed by atoms with E-state index in [0.717, 1.165) is 6.41 Å². The molecule has 0 aromatic rings. The van der Waals surface area contributed by atoms with Crippen molar-refractivity contribution in [1.82, 2.24) is 4.90 Å². The van der Waals surface area contributed by atoms with Gasteiger partial charge < -0.3 is 14.7 Å². The number of hydrogen-bond acceptors (Lipinski definition) is 3. The molecular weight excluding hydrogens is 134 g/mol. The third kappa shape index (κ3) is 5.53. The molecule has 0 saturated heterocycles. The van der Waals surface area contributed by atoms with Gasteiger partial charge in [-0.25, -0.2) is 0 Å². The molecule has 4 heteroatoms. The lowest BCUT2D eigenvalue weighted by Gasteiger charge is -2.09. The molecule has 0 aliphatic rings. The lowest BCUT2D eigenvalue weighted by Crippen LogP contribution is -2.21. The molecule has 1 N–H and O–H groups in total. The minimum atomic E-state index is 0.0325. The molecule has 0 aliphatic heterocycles.